The van der Waals surface area contributed by atoms with Crippen LogP contribution in [-0.2, 0) is 9.53 Å². The average Bonchev–Trinajstić information content (AvgIpc) is 2.61. The molecule has 2 aromatic rings. The maximum atomic E-state index is 10.4. The molecule has 0 spiro atoms. The molecule has 0 unspecified atom stereocenters. The van der Waals surface area contributed by atoms with E-state index in [9.17, 15) is 4.79 Å². The molecule has 0 N–H and O–H groups in total. The molecule has 15 heavy (non-hydrogen) atoms. The first-order valence-corrected chi connectivity index (χ1v) is 4.74. The number of carbonyl (C=O) groups is 1. The van der Waals surface area contributed by atoms with Crippen LogP contribution in [0.3, 0.4) is 0 Å². The van der Waals surface area contributed by atoms with Crippen LogP contribution in [-0.4, -0.2) is 6.47 Å². The first kappa shape index (κ1) is 8.24. The molecule has 0 aliphatic heterocycles. The molecule has 2 nitrogen and oxygen atoms in total. The van der Waals surface area contributed by atoms with Crippen molar-refractivity contribution in [3.8, 4) is 0 Å². The Morgan fingerprint density at radius 2 is 1.87 bits per heavy atom. The van der Waals surface area contributed by atoms with Crippen molar-refractivity contribution < 1.29 is 9.53 Å². The van der Waals surface area contributed by atoms with E-state index in [0.717, 1.165) is 16.5 Å². The van der Waals surface area contributed by atoms with Gasteiger partial charge in [-0.3, -0.25) is 4.79 Å². The van der Waals surface area contributed by atoms with Crippen molar-refractivity contribution in [2.75, 3.05) is 0 Å². The molecule has 2 aromatic carbocycles. The third-order valence-corrected chi connectivity index (χ3v) is 2.66. The van der Waals surface area contributed by atoms with Crippen LogP contribution in [0.4, 0.5) is 0 Å². The monoisotopic (exact) mass is 196 g/mol. The Labute approximate surface area is 86.8 Å². The third kappa shape index (κ3) is 1.08. The highest BCUT2D eigenvalue weighted by Gasteiger charge is 2.16. The molecule has 2 heteroatoms. The topological polar surface area (TPSA) is 26.3 Å². The molecule has 0 heterocycles. The third-order valence-electron chi connectivity index (χ3n) is 2.66. The van der Waals surface area contributed by atoms with Crippen molar-refractivity contribution >= 4 is 29.1 Å². The van der Waals surface area contributed by atoms with Gasteiger partial charge in [0.2, 0.25) is 0 Å². The second kappa shape index (κ2) is 2.95. The number of rotatable bonds is 2. The average molecular weight is 196 g/mol. The van der Waals surface area contributed by atoms with E-state index in [0.29, 0.717) is 12.2 Å². The lowest BCUT2D eigenvalue weighted by atomic mass is 10.0. The molecule has 0 bridgehead atoms. The summed E-state index contributed by atoms with van der Waals surface area (Å²) >= 11 is 0. The molecule has 3 rings (SSSR count). The summed E-state index contributed by atoms with van der Waals surface area (Å²) in [5.74, 6) is 0.636. The van der Waals surface area contributed by atoms with Gasteiger partial charge in [-0.1, -0.05) is 36.4 Å². The zero-order chi connectivity index (χ0) is 10.3. The van der Waals surface area contributed by atoms with Crippen LogP contribution in [0.15, 0.2) is 36.4 Å². The first-order chi connectivity index (χ1) is 7.40. The quantitative estimate of drug-likeness (QED) is 0.690. The van der Waals surface area contributed by atoms with Crippen molar-refractivity contribution in [2.24, 2.45) is 0 Å². The van der Waals surface area contributed by atoms with E-state index in [-0.39, 0.29) is 0 Å². The summed E-state index contributed by atoms with van der Waals surface area (Å²) in [6, 6.07) is 12.1. The lowest BCUT2D eigenvalue weighted by Gasteiger charge is -2.02. The van der Waals surface area contributed by atoms with Crippen LogP contribution in [0.1, 0.15) is 11.1 Å². The summed E-state index contributed by atoms with van der Waals surface area (Å²) in [6.07, 6.45) is 1.89. The van der Waals surface area contributed by atoms with E-state index in [4.69, 9.17) is 4.74 Å². The van der Waals surface area contributed by atoms with Gasteiger partial charge in [0, 0.05) is 5.56 Å². The second-order valence-corrected chi connectivity index (χ2v) is 3.47. The van der Waals surface area contributed by atoms with Gasteiger partial charge in [0.25, 0.3) is 6.47 Å². The van der Waals surface area contributed by atoms with Gasteiger partial charge in [-0.15, -0.1) is 0 Å². The summed E-state index contributed by atoms with van der Waals surface area (Å²) in [7, 11) is 0. The Morgan fingerprint density at radius 3 is 2.67 bits per heavy atom. The van der Waals surface area contributed by atoms with E-state index in [1.807, 2.05) is 30.3 Å². The number of ether oxygens (including phenoxy) is 1. The first-order valence-electron chi connectivity index (χ1n) is 4.74. The van der Waals surface area contributed by atoms with Crippen LogP contribution >= 0.6 is 0 Å². The van der Waals surface area contributed by atoms with Crippen LogP contribution in [0, 0.1) is 0 Å². The Balaban J connectivity index is 2.35. The Hall–Kier alpha value is -2.09. The maximum absolute atomic E-state index is 10.4. The van der Waals surface area contributed by atoms with E-state index >= 15 is 0 Å². The summed E-state index contributed by atoms with van der Waals surface area (Å²) in [6.45, 7) is 0.469. The summed E-state index contributed by atoms with van der Waals surface area (Å²) in [5, 5.41) is 2.34. The predicted molar refractivity (Wildman–Crippen MR) is 59.0 cm³/mol. The molecular weight excluding hydrogens is 188 g/mol. The van der Waals surface area contributed by atoms with Crippen LogP contribution in [0.5, 0.6) is 0 Å². The lowest BCUT2D eigenvalue weighted by Crippen LogP contribution is -1.86. The number of benzene rings is 2. The molecule has 1 aliphatic carbocycles. The molecule has 0 saturated carbocycles. The molecule has 1 aliphatic rings. The number of hydrogen-bond acceptors (Lipinski definition) is 2. The largest absolute Gasteiger partial charge is 0.428 e. The van der Waals surface area contributed by atoms with Crippen LogP contribution in [0.2, 0.25) is 0 Å². The van der Waals surface area contributed by atoms with Crippen LogP contribution < -0.4 is 0 Å². The highest BCUT2D eigenvalue weighted by Crippen LogP contribution is 2.36. The second-order valence-electron chi connectivity index (χ2n) is 3.47. The standard InChI is InChI=1S/C13H8O2/c14-8-15-12-7-10-5-1-3-9-4-2-6-11(12)13(9)10/h1-8H. The highest BCUT2D eigenvalue weighted by molar-refractivity contribution is 6.08. The van der Waals surface area contributed by atoms with E-state index in [2.05, 4.69) is 12.1 Å². The number of carbonyl (C=O) groups excluding carboxylic acids is 1. The van der Waals surface area contributed by atoms with Gasteiger partial charge in [0.1, 0.15) is 5.76 Å². The SMILES string of the molecule is O=COC1=Cc2cccc3cccc1c23. The minimum absolute atomic E-state index is 0.469. The molecule has 72 valence electrons. The summed E-state index contributed by atoms with van der Waals surface area (Å²) in [5.41, 5.74) is 2.11. The Morgan fingerprint density at radius 1 is 1.07 bits per heavy atom. The van der Waals surface area contributed by atoms with E-state index in [1.165, 1.54) is 5.39 Å². The van der Waals surface area contributed by atoms with Gasteiger partial charge in [-0.2, -0.15) is 0 Å². The van der Waals surface area contributed by atoms with Crippen molar-refractivity contribution in [2.45, 2.75) is 0 Å². The van der Waals surface area contributed by atoms with Crippen molar-refractivity contribution in [3.05, 3.63) is 47.5 Å². The minimum atomic E-state index is 0.469. The van der Waals surface area contributed by atoms with E-state index in [1.54, 1.807) is 0 Å². The fraction of sp³-hybridized carbons (Fsp3) is 0. The van der Waals surface area contributed by atoms with Gasteiger partial charge in [0.15, 0.2) is 0 Å². The molecule has 0 radical (unpaired) electrons. The molecule has 0 fully saturated rings. The number of hydrogen-bond donors (Lipinski definition) is 0. The van der Waals surface area contributed by atoms with Gasteiger partial charge in [0.05, 0.1) is 0 Å². The van der Waals surface area contributed by atoms with Gasteiger partial charge < -0.3 is 4.74 Å². The zero-order valence-electron chi connectivity index (χ0n) is 7.94. The fourth-order valence-corrected chi connectivity index (χ4v) is 2.06. The summed E-state index contributed by atoms with van der Waals surface area (Å²) < 4.78 is 4.96. The minimum Gasteiger partial charge on any atom is -0.428 e. The fourth-order valence-electron chi connectivity index (χ4n) is 2.06. The normalized spacial score (nSPS) is 12.7. The molecular formula is C13H8O2. The van der Waals surface area contributed by atoms with Gasteiger partial charge in [-0.25, -0.2) is 0 Å². The highest BCUT2D eigenvalue weighted by atomic mass is 16.5. The predicted octanol–water partition coefficient (Wildman–Crippen LogP) is 2.82. The van der Waals surface area contributed by atoms with Crippen molar-refractivity contribution in [1.82, 2.24) is 0 Å². The Bertz CT molecular complexity index is 577. The van der Waals surface area contributed by atoms with E-state index < -0.39 is 0 Å². The summed E-state index contributed by atoms with van der Waals surface area (Å²) in [4.78, 5) is 10.4. The van der Waals surface area contributed by atoms with Crippen LogP contribution in [0.25, 0.3) is 22.6 Å². The molecule has 0 aromatic heterocycles. The molecule has 0 amide bonds. The maximum Gasteiger partial charge on any atom is 0.298 e. The Kier molecular flexibility index (Phi) is 1.62. The zero-order valence-corrected chi connectivity index (χ0v) is 7.94. The van der Waals surface area contributed by atoms with Crippen molar-refractivity contribution in [1.29, 1.82) is 0 Å². The lowest BCUT2D eigenvalue weighted by molar-refractivity contribution is -0.122. The van der Waals surface area contributed by atoms with Gasteiger partial charge >= 0.3 is 0 Å². The molecule has 0 saturated heterocycles. The van der Waals surface area contributed by atoms with Crippen molar-refractivity contribution in [3.63, 3.8) is 0 Å². The van der Waals surface area contributed by atoms with Gasteiger partial charge in [-0.05, 0) is 22.4 Å². The smallest absolute Gasteiger partial charge is 0.298 e. The molecule has 0 atom stereocenters.